The Morgan fingerprint density at radius 1 is 0.946 bits per heavy atom. The van der Waals surface area contributed by atoms with Gasteiger partial charge in [0.1, 0.15) is 29.6 Å². The average molecular weight is 513 g/mol. The lowest BCUT2D eigenvalue weighted by Gasteiger charge is -2.28. The van der Waals surface area contributed by atoms with Crippen molar-refractivity contribution in [2.24, 2.45) is 5.73 Å². The highest BCUT2D eigenvalue weighted by molar-refractivity contribution is 5.94. The van der Waals surface area contributed by atoms with Crippen LogP contribution in [0.2, 0.25) is 0 Å². The number of nitrogens with zero attached hydrogens (tertiary/aromatic N) is 1. The lowest BCUT2D eigenvalue weighted by molar-refractivity contribution is -0.144. The number of carboxylic acids is 1. The number of amides is 3. The molecule has 1 fully saturated rings. The largest absolute Gasteiger partial charge is 0.508 e. The molecule has 0 radical (unpaired) electrons. The second-order valence-electron chi connectivity index (χ2n) is 9.17. The molecule has 11 nitrogen and oxygen atoms in total. The summed E-state index contributed by atoms with van der Waals surface area (Å²) in [4.78, 5) is 51.7. The van der Waals surface area contributed by atoms with Crippen LogP contribution in [0.25, 0.3) is 0 Å². The minimum atomic E-state index is -1.22. The molecule has 4 unspecified atom stereocenters. The molecule has 0 spiro atoms. The summed E-state index contributed by atoms with van der Waals surface area (Å²) in [6.07, 6.45) is 1.14. The summed E-state index contributed by atoms with van der Waals surface area (Å²) in [5.74, 6) is -2.66. The van der Waals surface area contributed by atoms with Crippen LogP contribution in [0.3, 0.4) is 0 Å². The van der Waals surface area contributed by atoms with Crippen LogP contribution < -0.4 is 16.4 Å². The van der Waals surface area contributed by atoms with E-state index in [1.807, 2.05) is 0 Å². The van der Waals surface area contributed by atoms with Gasteiger partial charge in [0.05, 0.1) is 6.04 Å². The van der Waals surface area contributed by atoms with Crippen molar-refractivity contribution in [2.45, 2.75) is 56.8 Å². The van der Waals surface area contributed by atoms with Gasteiger partial charge < -0.3 is 36.6 Å². The molecule has 1 saturated heterocycles. The Bertz CT molecular complexity index is 1120. The Kier molecular flexibility index (Phi) is 9.07. The first-order valence-corrected chi connectivity index (χ1v) is 12.0. The predicted molar refractivity (Wildman–Crippen MR) is 134 cm³/mol. The highest BCUT2D eigenvalue weighted by atomic mass is 16.4. The minimum absolute atomic E-state index is 0.00734. The quantitative estimate of drug-likeness (QED) is 0.262. The second kappa shape index (κ2) is 12.2. The third-order valence-electron chi connectivity index (χ3n) is 6.29. The Balaban J connectivity index is 1.58. The van der Waals surface area contributed by atoms with Crippen molar-refractivity contribution < 1.29 is 34.5 Å². The van der Waals surface area contributed by atoms with Gasteiger partial charge in [0, 0.05) is 13.0 Å². The highest BCUT2D eigenvalue weighted by Crippen LogP contribution is 2.20. The van der Waals surface area contributed by atoms with Crippen LogP contribution in [-0.4, -0.2) is 74.6 Å². The molecule has 0 aliphatic carbocycles. The molecular formula is C26H32N4O7. The summed E-state index contributed by atoms with van der Waals surface area (Å²) < 4.78 is 0. The normalized spacial score (nSPS) is 17.5. The van der Waals surface area contributed by atoms with Crippen LogP contribution in [0.15, 0.2) is 48.5 Å². The summed E-state index contributed by atoms with van der Waals surface area (Å²) in [5.41, 5.74) is 7.35. The van der Waals surface area contributed by atoms with Crippen molar-refractivity contribution in [3.05, 3.63) is 59.7 Å². The number of hydrogen-bond donors (Lipinski definition) is 6. The average Bonchev–Trinajstić information content (AvgIpc) is 3.35. The maximum atomic E-state index is 13.1. The summed E-state index contributed by atoms with van der Waals surface area (Å²) >= 11 is 0. The topological polar surface area (TPSA) is 182 Å². The number of aromatic hydroxyl groups is 2. The number of hydrogen-bond acceptors (Lipinski definition) is 7. The molecule has 3 rings (SSSR count). The van der Waals surface area contributed by atoms with Gasteiger partial charge >= 0.3 is 5.97 Å². The molecule has 198 valence electrons. The monoisotopic (exact) mass is 512 g/mol. The second-order valence-corrected chi connectivity index (χ2v) is 9.17. The summed E-state index contributed by atoms with van der Waals surface area (Å²) in [6, 6.07) is 8.33. The van der Waals surface area contributed by atoms with E-state index in [0.29, 0.717) is 24.9 Å². The molecule has 37 heavy (non-hydrogen) atoms. The molecule has 2 aromatic carbocycles. The van der Waals surface area contributed by atoms with Crippen LogP contribution in [-0.2, 0) is 32.0 Å². The van der Waals surface area contributed by atoms with Gasteiger partial charge in [-0.25, -0.2) is 4.79 Å². The minimum Gasteiger partial charge on any atom is -0.508 e. The molecule has 1 aliphatic heterocycles. The standard InChI is InChI=1S/C26H32N4O7/c1-15(28-23(33)20(27)13-16-4-8-18(31)9-5-16)25(35)30-12-2-3-22(30)24(34)29-21(26(36)37)14-17-6-10-19(32)11-7-17/h4-11,15,20-22,31-32H,2-3,12-14,27H2,1H3,(H,28,33)(H,29,34)(H,36,37). The third kappa shape index (κ3) is 7.43. The third-order valence-corrected chi connectivity index (χ3v) is 6.29. The zero-order chi connectivity index (χ0) is 27.1. The van der Waals surface area contributed by atoms with Crippen molar-refractivity contribution in [3.63, 3.8) is 0 Å². The fourth-order valence-corrected chi connectivity index (χ4v) is 4.25. The van der Waals surface area contributed by atoms with E-state index in [1.54, 1.807) is 24.3 Å². The zero-order valence-electron chi connectivity index (χ0n) is 20.5. The molecule has 3 amide bonds. The van der Waals surface area contributed by atoms with E-state index in [4.69, 9.17) is 5.73 Å². The lowest BCUT2D eigenvalue weighted by atomic mass is 10.0. The molecule has 1 aliphatic rings. The van der Waals surface area contributed by atoms with E-state index in [9.17, 15) is 34.5 Å². The van der Waals surface area contributed by atoms with Gasteiger partial charge in [-0.1, -0.05) is 24.3 Å². The fraction of sp³-hybridized carbons (Fsp3) is 0.385. The first-order valence-electron chi connectivity index (χ1n) is 12.0. The number of carbonyl (C=O) groups is 4. The number of rotatable bonds is 10. The van der Waals surface area contributed by atoms with Crippen molar-refractivity contribution in [1.82, 2.24) is 15.5 Å². The Morgan fingerprint density at radius 3 is 2.03 bits per heavy atom. The van der Waals surface area contributed by atoms with E-state index in [1.165, 1.54) is 36.1 Å². The summed E-state index contributed by atoms with van der Waals surface area (Å²) in [7, 11) is 0. The van der Waals surface area contributed by atoms with Crippen molar-refractivity contribution in [2.75, 3.05) is 6.54 Å². The van der Waals surface area contributed by atoms with Gasteiger partial charge in [0.2, 0.25) is 17.7 Å². The summed E-state index contributed by atoms with van der Waals surface area (Å²) in [5, 5.41) is 33.5. The number of benzene rings is 2. The highest BCUT2D eigenvalue weighted by Gasteiger charge is 2.38. The molecule has 11 heteroatoms. The first kappa shape index (κ1) is 27.5. The zero-order valence-corrected chi connectivity index (χ0v) is 20.5. The van der Waals surface area contributed by atoms with E-state index in [2.05, 4.69) is 10.6 Å². The Labute approximate surface area is 214 Å². The number of phenolic OH excluding ortho intramolecular Hbond substituents is 2. The van der Waals surface area contributed by atoms with Gasteiger partial charge in [-0.05, 0) is 61.6 Å². The summed E-state index contributed by atoms with van der Waals surface area (Å²) in [6.45, 7) is 1.80. The predicted octanol–water partition coefficient (Wildman–Crippen LogP) is 0.275. The van der Waals surface area contributed by atoms with Crippen molar-refractivity contribution in [3.8, 4) is 11.5 Å². The maximum absolute atomic E-state index is 13.1. The molecule has 7 N–H and O–H groups in total. The van der Waals surface area contributed by atoms with Crippen molar-refractivity contribution in [1.29, 1.82) is 0 Å². The molecule has 4 atom stereocenters. The smallest absolute Gasteiger partial charge is 0.326 e. The van der Waals surface area contributed by atoms with Crippen LogP contribution >= 0.6 is 0 Å². The number of carboxylic acid groups (broad SMARTS) is 1. The number of likely N-dealkylation sites (tertiary alicyclic amines) is 1. The van der Waals surface area contributed by atoms with Crippen LogP contribution in [0.1, 0.15) is 30.9 Å². The molecule has 2 aromatic rings. The molecule has 0 aromatic heterocycles. The maximum Gasteiger partial charge on any atom is 0.326 e. The number of phenols is 2. The van der Waals surface area contributed by atoms with E-state index in [0.717, 1.165) is 5.56 Å². The Hall–Kier alpha value is -4.12. The fourth-order valence-electron chi connectivity index (χ4n) is 4.25. The number of nitrogens with two attached hydrogens (primary N) is 1. The number of aliphatic carboxylic acids is 1. The van der Waals surface area contributed by atoms with E-state index >= 15 is 0 Å². The molecule has 0 saturated carbocycles. The molecule has 1 heterocycles. The van der Waals surface area contributed by atoms with Gasteiger partial charge in [-0.15, -0.1) is 0 Å². The van der Waals surface area contributed by atoms with Gasteiger partial charge in [-0.3, -0.25) is 14.4 Å². The number of nitrogens with one attached hydrogen (secondary N) is 2. The lowest BCUT2D eigenvalue weighted by Crippen LogP contribution is -2.56. The van der Waals surface area contributed by atoms with E-state index in [-0.39, 0.29) is 24.3 Å². The van der Waals surface area contributed by atoms with Crippen LogP contribution in [0, 0.1) is 0 Å². The Morgan fingerprint density at radius 2 is 1.49 bits per heavy atom. The van der Waals surface area contributed by atoms with Gasteiger partial charge in [0.25, 0.3) is 0 Å². The number of carbonyl (C=O) groups excluding carboxylic acids is 3. The van der Waals surface area contributed by atoms with Crippen LogP contribution in [0.4, 0.5) is 0 Å². The van der Waals surface area contributed by atoms with Gasteiger partial charge in [-0.2, -0.15) is 0 Å². The van der Waals surface area contributed by atoms with Crippen molar-refractivity contribution >= 4 is 23.7 Å². The van der Waals surface area contributed by atoms with Crippen LogP contribution in [0.5, 0.6) is 11.5 Å². The van der Waals surface area contributed by atoms with E-state index < -0.39 is 47.9 Å². The first-order chi connectivity index (χ1) is 17.5. The molecular weight excluding hydrogens is 480 g/mol. The molecule has 0 bridgehead atoms. The van der Waals surface area contributed by atoms with Gasteiger partial charge in [0.15, 0.2) is 0 Å². The SMILES string of the molecule is CC(NC(=O)C(N)Cc1ccc(O)cc1)C(=O)N1CCCC1C(=O)NC(Cc1ccc(O)cc1)C(=O)O.